The molecule has 0 unspecified atom stereocenters. The van der Waals surface area contributed by atoms with Gasteiger partial charge in [0, 0.05) is 17.8 Å². The fourth-order valence-electron chi connectivity index (χ4n) is 2.96. The molecule has 12 heteroatoms. The second-order valence-corrected chi connectivity index (χ2v) is 11.1. The number of nitrogens with zero attached hydrogens (tertiary/aromatic N) is 2. The van der Waals surface area contributed by atoms with E-state index in [4.69, 9.17) is 4.74 Å². The van der Waals surface area contributed by atoms with Gasteiger partial charge in [-0.05, 0) is 39.8 Å². The number of thiazole rings is 1. The first-order chi connectivity index (χ1) is 14.9. The zero-order valence-corrected chi connectivity index (χ0v) is 19.8. The second kappa shape index (κ2) is 9.12. The Balaban J connectivity index is 1.63. The third kappa shape index (κ3) is 5.81. The maximum Gasteiger partial charge on any atom is 0.410 e. The molecule has 3 rings (SSSR count). The summed E-state index contributed by atoms with van der Waals surface area (Å²) in [4.78, 5) is 31.0. The topological polar surface area (TPSA) is 118 Å². The molecule has 0 saturated heterocycles. The fourth-order valence-corrected chi connectivity index (χ4v) is 5.27. The Labute approximate surface area is 190 Å². The van der Waals surface area contributed by atoms with Gasteiger partial charge in [-0.15, -0.1) is 0 Å². The average Bonchev–Trinajstić information content (AvgIpc) is 3.07. The summed E-state index contributed by atoms with van der Waals surface area (Å²) in [5.41, 5.74) is 0.167. The lowest BCUT2D eigenvalue weighted by Crippen LogP contribution is -2.41. The van der Waals surface area contributed by atoms with Gasteiger partial charge in [0.1, 0.15) is 16.3 Å². The van der Waals surface area contributed by atoms with Gasteiger partial charge in [-0.3, -0.25) is 4.79 Å². The van der Waals surface area contributed by atoms with Gasteiger partial charge in [-0.25, -0.2) is 22.6 Å². The molecule has 9 nitrogen and oxygen atoms in total. The Bertz CT molecular complexity index is 1130. The molecule has 0 aliphatic carbocycles. The summed E-state index contributed by atoms with van der Waals surface area (Å²) in [6.45, 7) is 7.49. The van der Waals surface area contributed by atoms with Crippen LogP contribution in [0.25, 0.3) is 0 Å². The lowest BCUT2D eigenvalue weighted by atomic mass is 10.2. The van der Waals surface area contributed by atoms with Crippen LogP contribution in [-0.4, -0.2) is 48.5 Å². The maximum atomic E-state index is 13.8. The number of carbonyl (C=O) groups excluding carboxylic acids is 2. The zero-order chi connectivity index (χ0) is 23.7. The minimum atomic E-state index is -4.22. The van der Waals surface area contributed by atoms with E-state index in [1.54, 1.807) is 25.7 Å². The number of rotatable bonds is 5. The highest BCUT2D eigenvalue weighted by Crippen LogP contribution is 2.29. The van der Waals surface area contributed by atoms with Crippen molar-refractivity contribution in [1.29, 1.82) is 0 Å². The van der Waals surface area contributed by atoms with Crippen molar-refractivity contribution in [2.24, 2.45) is 0 Å². The number of aromatic nitrogens is 1. The molecule has 1 aromatic carbocycles. The molecule has 1 aliphatic rings. The van der Waals surface area contributed by atoms with Crippen molar-refractivity contribution in [1.82, 2.24) is 14.6 Å². The SMILES string of the molecule is C[C@H](NS(=O)(=O)c1ccccc1F)C(=O)Nc1nc2c(s1)CN(C(=O)OC(C)(C)C)CC2. The fraction of sp³-hybridized carbons (Fsp3) is 0.450. The summed E-state index contributed by atoms with van der Waals surface area (Å²) in [5.74, 6) is -1.55. The highest BCUT2D eigenvalue weighted by atomic mass is 32.2. The molecular formula is C20H25FN4O5S2. The zero-order valence-electron chi connectivity index (χ0n) is 18.1. The Hall–Kier alpha value is -2.57. The third-order valence-corrected chi connectivity index (χ3v) is 7.04. The van der Waals surface area contributed by atoms with Crippen LogP contribution in [0.3, 0.4) is 0 Å². The number of hydrogen-bond donors (Lipinski definition) is 2. The Kier molecular flexibility index (Phi) is 6.86. The van der Waals surface area contributed by atoms with E-state index in [-0.39, 0.29) is 0 Å². The first-order valence-electron chi connectivity index (χ1n) is 9.90. The van der Waals surface area contributed by atoms with E-state index in [0.29, 0.717) is 24.6 Å². The number of amides is 2. The lowest BCUT2D eigenvalue weighted by Gasteiger charge is -2.29. The van der Waals surface area contributed by atoms with Crippen LogP contribution in [0.2, 0.25) is 0 Å². The van der Waals surface area contributed by atoms with Gasteiger partial charge in [0.15, 0.2) is 5.13 Å². The minimum Gasteiger partial charge on any atom is -0.444 e. The standard InChI is InChI=1S/C20H25FN4O5S2/c1-12(24-32(28,29)16-8-6-5-7-13(16)21)17(26)23-18-22-14-9-10-25(11-15(14)31-18)19(27)30-20(2,3)4/h5-8,12,24H,9-11H2,1-4H3,(H,22,23,26)/t12-/m0/s1. The molecule has 1 aromatic heterocycles. The first-order valence-corrected chi connectivity index (χ1v) is 12.2. The van der Waals surface area contributed by atoms with Gasteiger partial charge in [-0.1, -0.05) is 23.5 Å². The molecule has 0 bridgehead atoms. The molecule has 1 aliphatic heterocycles. The van der Waals surface area contributed by atoms with Crippen molar-refractivity contribution < 1.29 is 27.1 Å². The third-order valence-electron chi connectivity index (χ3n) is 4.46. The molecule has 2 heterocycles. The summed E-state index contributed by atoms with van der Waals surface area (Å²) >= 11 is 1.21. The van der Waals surface area contributed by atoms with Crippen LogP contribution in [0.5, 0.6) is 0 Å². The van der Waals surface area contributed by atoms with E-state index in [9.17, 15) is 22.4 Å². The Morgan fingerprint density at radius 3 is 2.62 bits per heavy atom. The van der Waals surface area contributed by atoms with Crippen LogP contribution < -0.4 is 10.0 Å². The van der Waals surface area contributed by atoms with Gasteiger partial charge in [-0.2, -0.15) is 4.72 Å². The lowest BCUT2D eigenvalue weighted by molar-refractivity contribution is -0.117. The largest absolute Gasteiger partial charge is 0.444 e. The normalized spacial score (nSPS) is 15.1. The molecular weight excluding hydrogens is 459 g/mol. The first kappa shape index (κ1) is 24.1. The number of anilines is 1. The number of nitrogens with one attached hydrogen (secondary N) is 2. The summed E-state index contributed by atoms with van der Waals surface area (Å²) in [5, 5.41) is 2.88. The number of sulfonamides is 1. The van der Waals surface area contributed by atoms with Crippen LogP contribution in [0.1, 0.15) is 38.3 Å². The van der Waals surface area contributed by atoms with Gasteiger partial charge in [0.25, 0.3) is 0 Å². The van der Waals surface area contributed by atoms with Gasteiger partial charge >= 0.3 is 6.09 Å². The molecule has 0 radical (unpaired) electrons. The van der Waals surface area contributed by atoms with E-state index in [1.165, 1.54) is 30.4 Å². The molecule has 32 heavy (non-hydrogen) atoms. The molecule has 0 spiro atoms. The molecule has 1 atom stereocenters. The molecule has 0 saturated carbocycles. The van der Waals surface area contributed by atoms with Crippen molar-refractivity contribution in [3.8, 4) is 0 Å². The van der Waals surface area contributed by atoms with Crippen LogP contribution in [-0.2, 0) is 32.5 Å². The van der Waals surface area contributed by atoms with Gasteiger partial charge in [0.2, 0.25) is 15.9 Å². The molecule has 2 N–H and O–H groups in total. The van der Waals surface area contributed by atoms with Crippen molar-refractivity contribution >= 4 is 38.5 Å². The van der Waals surface area contributed by atoms with Crippen LogP contribution in [0, 0.1) is 5.82 Å². The van der Waals surface area contributed by atoms with E-state index in [1.807, 2.05) is 0 Å². The highest BCUT2D eigenvalue weighted by Gasteiger charge is 2.29. The molecule has 174 valence electrons. The monoisotopic (exact) mass is 484 g/mol. The number of hydrogen-bond acceptors (Lipinski definition) is 7. The van der Waals surface area contributed by atoms with Crippen molar-refractivity contribution in [2.75, 3.05) is 11.9 Å². The number of benzene rings is 1. The summed E-state index contributed by atoms with van der Waals surface area (Å²) in [7, 11) is -4.22. The smallest absolute Gasteiger partial charge is 0.410 e. The van der Waals surface area contributed by atoms with Crippen LogP contribution in [0.4, 0.5) is 14.3 Å². The number of fused-ring (bicyclic) bond motifs is 1. The number of ether oxygens (including phenoxy) is 1. The quantitative estimate of drug-likeness (QED) is 0.674. The molecule has 0 fully saturated rings. The van der Waals surface area contributed by atoms with Crippen LogP contribution >= 0.6 is 11.3 Å². The van der Waals surface area contributed by atoms with E-state index < -0.39 is 44.4 Å². The van der Waals surface area contributed by atoms with Gasteiger partial charge in [0.05, 0.1) is 18.3 Å². The molecule has 2 aromatic rings. The number of carbonyl (C=O) groups is 2. The Morgan fingerprint density at radius 1 is 1.28 bits per heavy atom. The predicted molar refractivity (Wildman–Crippen MR) is 117 cm³/mol. The average molecular weight is 485 g/mol. The van der Waals surface area contributed by atoms with E-state index in [2.05, 4.69) is 15.0 Å². The highest BCUT2D eigenvalue weighted by molar-refractivity contribution is 7.89. The van der Waals surface area contributed by atoms with Crippen molar-refractivity contribution in [3.63, 3.8) is 0 Å². The maximum absolute atomic E-state index is 13.8. The second-order valence-electron chi connectivity index (χ2n) is 8.30. The van der Waals surface area contributed by atoms with Gasteiger partial charge < -0.3 is 15.0 Å². The summed E-state index contributed by atoms with van der Waals surface area (Å²) in [6.07, 6.45) is 0.0921. The van der Waals surface area contributed by atoms with E-state index >= 15 is 0 Å². The van der Waals surface area contributed by atoms with Crippen LogP contribution in [0.15, 0.2) is 29.2 Å². The Morgan fingerprint density at radius 2 is 1.97 bits per heavy atom. The summed E-state index contributed by atoms with van der Waals surface area (Å²) < 4.78 is 46.2. The van der Waals surface area contributed by atoms with Crippen molar-refractivity contribution in [2.45, 2.75) is 57.2 Å². The minimum absolute atomic E-state index is 0.294. The molecule has 2 amide bonds. The summed E-state index contributed by atoms with van der Waals surface area (Å²) in [6, 6.07) is 3.74. The van der Waals surface area contributed by atoms with E-state index in [0.717, 1.165) is 22.7 Å². The number of halogens is 1. The predicted octanol–water partition coefficient (Wildman–Crippen LogP) is 2.88. The van der Waals surface area contributed by atoms with Crippen molar-refractivity contribution in [3.05, 3.63) is 40.7 Å².